The molecule has 1 N–H and O–H groups in total. The molecule has 0 spiro atoms. The standard InChI is InChI=1S/C12H14N4O4S/c1-3-13-12-15-14-11(21-12)7-20-10-6-8(19-2)4-5-9(10)16(17)18/h4-6H,3,7H2,1-2H3,(H,13,15). The van der Waals surface area contributed by atoms with E-state index in [1.165, 1.54) is 36.6 Å². The monoisotopic (exact) mass is 310 g/mol. The second-order valence-electron chi connectivity index (χ2n) is 3.91. The first-order chi connectivity index (χ1) is 10.1. The van der Waals surface area contributed by atoms with Crippen LogP contribution in [0.4, 0.5) is 10.8 Å². The van der Waals surface area contributed by atoms with E-state index in [0.717, 1.165) is 6.54 Å². The molecule has 0 saturated heterocycles. The van der Waals surface area contributed by atoms with E-state index in [0.29, 0.717) is 15.9 Å². The van der Waals surface area contributed by atoms with Crippen molar-refractivity contribution in [2.24, 2.45) is 0 Å². The fourth-order valence-corrected chi connectivity index (χ4v) is 2.28. The number of rotatable bonds is 7. The molecule has 112 valence electrons. The lowest BCUT2D eigenvalue weighted by molar-refractivity contribution is -0.386. The van der Waals surface area contributed by atoms with Crippen molar-refractivity contribution in [2.45, 2.75) is 13.5 Å². The van der Waals surface area contributed by atoms with Crippen molar-refractivity contribution in [3.8, 4) is 11.5 Å². The summed E-state index contributed by atoms with van der Waals surface area (Å²) in [6.45, 7) is 2.81. The Balaban J connectivity index is 2.12. The Bertz CT molecular complexity index is 631. The van der Waals surface area contributed by atoms with Crippen LogP contribution >= 0.6 is 11.3 Å². The van der Waals surface area contributed by atoms with Crippen LogP contribution in [0.5, 0.6) is 11.5 Å². The molecule has 1 aromatic carbocycles. The molecule has 1 aromatic heterocycles. The van der Waals surface area contributed by atoms with Crippen molar-refractivity contribution in [3.05, 3.63) is 33.3 Å². The second kappa shape index (κ2) is 6.84. The van der Waals surface area contributed by atoms with Crippen molar-refractivity contribution in [1.82, 2.24) is 10.2 Å². The molecular weight excluding hydrogens is 296 g/mol. The van der Waals surface area contributed by atoms with Gasteiger partial charge in [0, 0.05) is 18.7 Å². The van der Waals surface area contributed by atoms with Crippen LogP contribution in [0.15, 0.2) is 18.2 Å². The highest BCUT2D eigenvalue weighted by Crippen LogP contribution is 2.32. The Morgan fingerprint density at radius 2 is 2.24 bits per heavy atom. The van der Waals surface area contributed by atoms with Crippen LogP contribution in [0.1, 0.15) is 11.9 Å². The molecule has 21 heavy (non-hydrogen) atoms. The Morgan fingerprint density at radius 3 is 2.90 bits per heavy atom. The third-order valence-corrected chi connectivity index (χ3v) is 3.36. The van der Waals surface area contributed by atoms with Crippen LogP contribution in [0.3, 0.4) is 0 Å². The van der Waals surface area contributed by atoms with E-state index in [9.17, 15) is 10.1 Å². The summed E-state index contributed by atoms with van der Waals surface area (Å²) in [5.41, 5.74) is -0.118. The number of hydrogen-bond donors (Lipinski definition) is 1. The van der Waals surface area contributed by atoms with E-state index >= 15 is 0 Å². The first-order valence-corrected chi connectivity index (χ1v) is 6.97. The number of aromatic nitrogens is 2. The third kappa shape index (κ3) is 3.78. The first-order valence-electron chi connectivity index (χ1n) is 6.15. The Labute approximate surface area is 124 Å². The van der Waals surface area contributed by atoms with E-state index in [2.05, 4.69) is 15.5 Å². The van der Waals surface area contributed by atoms with Crippen LogP contribution in [0, 0.1) is 10.1 Å². The number of nitrogens with zero attached hydrogens (tertiary/aromatic N) is 3. The maximum atomic E-state index is 11.0. The van der Waals surface area contributed by atoms with Gasteiger partial charge >= 0.3 is 5.69 Å². The number of anilines is 1. The largest absolute Gasteiger partial charge is 0.497 e. The van der Waals surface area contributed by atoms with Crippen molar-refractivity contribution in [2.75, 3.05) is 19.0 Å². The number of methoxy groups -OCH3 is 1. The second-order valence-corrected chi connectivity index (χ2v) is 4.97. The van der Waals surface area contributed by atoms with Gasteiger partial charge in [0.05, 0.1) is 12.0 Å². The Hall–Kier alpha value is -2.42. The summed E-state index contributed by atoms with van der Waals surface area (Å²) in [6.07, 6.45) is 0. The zero-order valence-corrected chi connectivity index (χ0v) is 12.3. The number of nitro groups is 1. The molecule has 0 radical (unpaired) electrons. The Kier molecular flexibility index (Phi) is 4.88. The zero-order chi connectivity index (χ0) is 15.2. The lowest BCUT2D eigenvalue weighted by Gasteiger charge is -2.06. The zero-order valence-electron chi connectivity index (χ0n) is 11.5. The molecule has 0 unspecified atom stereocenters. The molecule has 0 aliphatic carbocycles. The fourth-order valence-electron chi connectivity index (χ4n) is 1.56. The molecule has 8 nitrogen and oxygen atoms in total. The maximum absolute atomic E-state index is 11.0. The number of benzene rings is 1. The van der Waals surface area contributed by atoms with Crippen LogP contribution in [-0.4, -0.2) is 28.8 Å². The molecular formula is C12H14N4O4S. The van der Waals surface area contributed by atoms with E-state index < -0.39 is 4.92 Å². The topological polar surface area (TPSA) is 99.4 Å². The number of nitrogens with one attached hydrogen (secondary N) is 1. The van der Waals surface area contributed by atoms with Gasteiger partial charge in [-0.3, -0.25) is 10.1 Å². The number of nitro benzene ring substituents is 1. The quantitative estimate of drug-likeness (QED) is 0.619. The molecule has 1 heterocycles. The summed E-state index contributed by atoms with van der Waals surface area (Å²) < 4.78 is 10.5. The van der Waals surface area contributed by atoms with Gasteiger partial charge in [-0.25, -0.2) is 0 Å². The lowest BCUT2D eigenvalue weighted by atomic mass is 10.3. The number of ether oxygens (including phenoxy) is 2. The molecule has 0 fully saturated rings. The molecule has 0 aliphatic rings. The first kappa shape index (κ1) is 15.0. The summed E-state index contributed by atoms with van der Waals surface area (Å²) in [5.74, 6) is 0.626. The fraction of sp³-hybridized carbons (Fsp3) is 0.333. The van der Waals surface area contributed by atoms with Gasteiger partial charge in [0.25, 0.3) is 0 Å². The van der Waals surface area contributed by atoms with Gasteiger partial charge in [-0.2, -0.15) is 0 Å². The van der Waals surface area contributed by atoms with E-state index in [4.69, 9.17) is 9.47 Å². The van der Waals surface area contributed by atoms with Crippen molar-refractivity contribution in [3.63, 3.8) is 0 Å². The smallest absolute Gasteiger partial charge is 0.311 e. The lowest BCUT2D eigenvalue weighted by Crippen LogP contribution is -1.99. The minimum atomic E-state index is -0.501. The van der Waals surface area contributed by atoms with Crippen LogP contribution < -0.4 is 14.8 Å². The molecule has 0 aliphatic heterocycles. The predicted molar refractivity (Wildman–Crippen MR) is 78.1 cm³/mol. The van der Waals surface area contributed by atoms with Crippen molar-refractivity contribution >= 4 is 22.2 Å². The van der Waals surface area contributed by atoms with E-state index in [-0.39, 0.29) is 18.0 Å². The highest BCUT2D eigenvalue weighted by molar-refractivity contribution is 7.15. The minimum Gasteiger partial charge on any atom is -0.497 e. The molecule has 0 atom stereocenters. The molecule has 0 bridgehead atoms. The molecule has 2 rings (SSSR count). The predicted octanol–water partition coefficient (Wildman–Crippen LogP) is 2.47. The van der Waals surface area contributed by atoms with Crippen LogP contribution in [-0.2, 0) is 6.61 Å². The maximum Gasteiger partial charge on any atom is 0.311 e. The van der Waals surface area contributed by atoms with Crippen LogP contribution in [0.2, 0.25) is 0 Å². The summed E-state index contributed by atoms with van der Waals surface area (Å²) >= 11 is 1.34. The summed E-state index contributed by atoms with van der Waals surface area (Å²) in [5, 5.41) is 23.2. The SMILES string of the molecule is CCNc1nnc(COc2cc(OC)ccc2[N+](=O)[O-])s1. The van der Waals surface area contributed by atoms with Crippen molar-refractivity contribution in [1.29, 1.82) is 0 Å². The van der Waals surface area contributed by atoms with Gasteiger partial charge < -0.3 is 14.8 Å². The molecule has 0 saturated carbocycles. The van der Waals surface area contributed by atoms with Gasteiger partial charge in [-0.05, 0) is 13.0 Å². The highest BCUT2D eigenvalue weighted by atomic mass is 32.1. The summed E-state index contributed by atoms with van der Waals surface area (Å²) in [6, 6.07) is 4.34. The minimum absolute atomic E-state index is 0.108. The summed E-state index contributed by atoms with van der Waals surface area (Å²) in [4.78, 5) is 10.5. The third-order valence-electron chi connectivity index (χ3n) is 2.51. The van der Waals surface area contributed by atoms with Gasteiger partial charge in [0.15, 0.2) is 5.01 Å². The van der Waals surface area contributed by atoms with Crippen molar-refractivity contribution < 1.29 is 14.4 Å². The molecule has 2 aromatic rings. The average Bonchev–Trinajstić information content (AvgIpc) is 2.92. The number of hydrogen-bond acceptors (Lipinski definition) is 8. The van der Waals surface area contributed by atoms with Crippen LogP contribution in [0.25, 0.3) is 0 Å². The van der Waals surface area contributed by atoms with E-state index in [1.807, 2.05) is 6.92 Å². The average molecular weight is 310 g/mol. The molecule has 9 heteroatoms. The Morgan fingerprint density at radius 1 is 1.43 bits per heavy atom. The van der Waals surface area contributed by atoms with Gasteiger partial charge in [0.2, 0.25) is 10.9 Å². The highest BCUT2D eigenvalue weighted by Gasteiger charge is 2.17. The molecule has 0 amide bonds. The van der Waals surface area contributed by atoms with Gasteiger partial charge in [-0.1, -0.05) is 11.3 Å². The van der Waals surface area contributed by atoms with Gasteiger partial charge in [0.1, 0.15) is 12.4 Å². The van der Waals surface area contributed by atoms with Gasteiger partial charge in [-0.15, -0.1) is 10.2 Å². The summed E-state index contributed by atoms with van der Waals surface area (Å²) in [7, 11) is 1.48. The van der Waals surface area contributed by atoms with E-state index in [1.54, 1.807) is 0 Å². The normalized spacial score (nSPS) is 10.2.